The van der Waals surface area contributed by atoms with Crippen LogP contribution in [0.2, 0.25) is 0 Å². The number of benzene rings is 2. The number of hydrogen-bond donors (Lipinski definition) is 1. The highest BCUT2D eigenvalue weighted by Crippen LogP contribution is 2.20. The van der Waals surface area contributed by atoms with Crippen LogP contribution in [-0.4, -0.2) is 18.3 Å². The van der Waals surface area contributed by atoms with Crippen molar-refractivity contribution in [1.29, 1.82) is 0 Å². The SMILES string of the molecule is CC[C@H](Oc1ccc(F)cc1)C(=O)Nc1cccc(SC)c1. The van der Waals surface area contributed by atoms with Gasteiger partial charge in [0.15, 0.2) is 6.10 Å². The number of thioether (sulfide) groups is 1. The van der Waals surface area contributed by atoms with Crippen molar-refractivity contribution in [3.05, 3.63) is 54.3 Å². The minimum Gasteiger partial charge on any atom is -0.481 e. The molecule has 3 nitrogen and oxygen atoms in total. The lowest BCUT2D eigenvalue weighted by Gasteiger charge is -2.17. The summed E-state index contributed by atoms with van der Waals surface area (Å²) in [5, 5.41) is 2.85. The maximum absolute atomic E-state index is 12.9. The molecule has 0 saturated heterocycles. The van der Waals surface area contributed by atoms with Crippen molar-refractivity contribution in [2.75, 3.05) is 11.6 Å². The van der Waals surface area contributed by atoms with E-state index in [1.165, 1.54) is 24.3 Å². The van der Waals surface area contributed by atoms with Crippen molar-refractivity contribution in [3.63, 3.8) is 0 Å². The third-order valence-electron chi connectivity index (χ3n) is 3.09. The minimum absolute atomic E-state index is 0.218. The van der Waals surface area contributed by atoms with Gasteiger partial charge in [-0.05, 0) is 55.1 Å². The number of ether oxygens (including phenoxy) is 1. The fourth-order valence-electron chi connectivity index (χ4n) is 1.92. The van der Waals surface area contributed by atoms with E-state index < -0.39 is 6.10 Å². The van der Waals surface area contributed by atoms with Gasteiger partial charge in [0.25, 0.3) is 5.91 Å². The highest BCUT2D eigenvalue weighted by molar-refractivity contribution is 7.98. The molecule has 0 heterocycles. The smallest absolute Gasteiger partial charge is 0.265 e. The lowest BCUT2D eigenvalue weighted by atomic mass is 10.2. The Bertz CT molecular complexity index is 631. The van der Waals surface area contributed by atoms with Gasteiger partial charge < -0.3 is 10.1 Å². The number of amides is 1. The predicted octanol–water partition coefficient (Wildman–Crippen LogP) is 4.34. The van der Waals surface area contributed by atoms with Gasteiger partial charge in [0.05, 0.1) is 0 Å². The maximum atomic E-state index is 12.9. The lowest BCUT2D eigenvalue weighted by Crippen LogP contribution is -2.32. The fourth-order valence-corrected chi connectivity index (χ4v) is 2.38. The maximum Gasteiger partial charge on any atom is 0.265 e. The molecule has 0 unspecified atom stereocenters. The summed E-state index contributed by atoms with van der Waals surface area (Å²) < 4.78 is 18.5. The molecule has 5 heteroatoms. The third-order valence-corrected chi connectivity index (χ3v) is 3.82. The van der Waals surface area contributed by atoms with Crippen molar-refractivity contribution >= 4 is 23.4 Å². The van der Waals surface area contributed by atoms with E-state index in [0.717, 1.165) is 10.6 Å². The zero-order chi connectivity index (χ0) is 15.9. The monoisotopic (exact) mass is 319 g/mol. The van der Waals surface area contributed by atoms with Gasteiger partial charge in [-0.3, -0.25) is 4.79 Å². The predicted molar refractivity (Wildman–Crippen MR) is 88.0 cm³/mol. The average Bonchev–Trinajstić information content (AvgIpc) is 2.54. The van der Waals surface area contributed by atoms with Crippen LogP contribution in [0.4, 0.5) is 10.1 Å². The summed E-state index contributed by atoms with van der Waals surface area (Å²) in [4.78, 5) is 13.4. The highest BCUT2D eigenvalue weighted by Gasteiger charge is 2.18. The van der Waals surface area contributed by atoms with Crippen molar-refractivity contribution in [2.45, 2.75) is 24.3 Å². The summed E-state index contributed by atoms with van der Waals surface area (Å²) in [5.74, 6) is -0.0786. The van der Waals surface area contributed by atoms with Crippen molar-refractivity contribution < 1.29 is 13.9 Å². The molecular weight excluding hydrogens is 301 g/mol. The Kier molecular flexibility index (Phi) is 5.83. The Hall–Kier alpha value is -2.01. The molecule has 116 valence electrons. The van der Waals surface area contributed by atoms with Crippen LogP contribution in [0.1, 0.15) is 13.3 Å². The number of carbonyl (C=O) groups excluding carboxylic acids is 1. The molecule has 1 amide bonds. The van der Waals surface area contributed by atoms with Gasteiger partial charge in [0.1, 0.15) is 11.6 Å². The van der Waals surface area contributed by atoms with Crippen LogP contribution < -0.4 is 10.1 Å². The first kappa shape index (κ1) is 16.4. The molecule has 22 heavy (non-hydrogen) atoms. The molecular formula is C17H18FNO2S. The number of nitrogens with one attached hydrogen (secondary N) is 1. The number of carbonyl (C=O) groups is 1. The van der Waals surface area contributed by atoms with Crippen LogP contribution in [-0.2, 0) is 4.79 Å². The van der Waals surface area contributed by atoms with Crippen LogP contribution in [0.15, 0.2) is 53.4 Å². The molecule has 0 radical (unpaired) electrons. The minimum atomic E-state index is -0.622. The second kappa shape index (κ2) is 7.84. The number of halogens is 1. The molecule has 0 aliphatic heterocycles. The van der Waals surface area contributed by atoms with Crippen LogP contribution in [0.5, 0.6) is 5.75 Å². The standard InChI is InChI=1S/C17H18FNO2S/c1-3-16(21-14-9-7-12(18)8-10-14)17(20)19-13-5-4-6-15(11-13)22-2/h4-11,16H,3H2,1-2H3,(H,19,20)/t16-/m0/s1. The van der Waals surface area contributed by atoms with Gasteiger partial charge >= 0.3 is 0 Å². The van der Waals surface area contributed by atoms with Crippen molar-refractivity contribution in [1.82, 2.24) is 0 Å². The number of hydrogen-bond acceptors (Lipinski definition) is 3. The van der Waals surface area contributed by atoms with E-state index in [4.69, 9.17) is 4.74 Å². The van der Waals surface area contributed by atoms with Gasteiger partial charge in [-0.1, -0.05) is 13.0 Å². The van der Waals surface area contributed by atoms with Crippen molar-refractivity contribution in [3.8, 4) is 5.75 Å². The molecule has 0 aromatic heterocycles. The zero-order valence-corrected chi connectivity index (χ0v) is 13.3. The topological polar surface area (TPSA) is 38.3 Å². The van der Waals surface area contributed by atoms with Crippen molar-refractivity contribution in [2.24, 2.45) is 0 Å². The summed E-state index contributed by atoms with van der Waals surface area (Å²) in [5.41, 5.74) is 0.734. The van der Waals surface area contributed by atoms with Gasteiger partial charge in [-0.15, -0.1) is 11.8 Å². The van der Waals surface area contributed by atoms with E-state index in [1.807, 2.05) is 37.4 Å². The third kappa shape index (κ3) is 4.49. The summed E-state index contributed by atoms with van der Waals surface area (Å²) in [6.45, 7) is 1.87. The quantitative estimate of drug-likeness (QED) is 0.805. The molecule has 1 N–H and O–H groups in total. The average molecular weight is 319 g/mol. The second-order valence-corrected chi connectivity index (χ2v) is 5.57. The van der Waals surface area contributed by atoms with E-state index in [-0.39, 0.29) is 11.7 Å². The first-order chi connectivity index (χ1) is 10.6. The first-order valence-electron chi connectivity index (χ1n) is 6.99. The van der Waals surface area contributed by atoms with Crippen LogP contribution in [0.25, 0.3) is 0 Å². The summed E-state index contributed by atoms with van der Waals surface area (Å²) in [6.07, 6.45) is 1.88. The molecule has 2 aromatic carbocycles. The summed E-state index contributed by atoms with van der Waals surface area (Å²) in [7, 11) is 0. The number of anilines is 1. The zero-order valence-electron chi connectivity index (χ0n) is 12.5. The Balaban J connectivity index is 2.03. The molecule has 0 fully saturated rings. The molecule has 0 spiro atoms. The Morgan fingerprint density at radius 3 is 2.64 bits per heavy atom. The molecule has 0 aliphatic rings. The molecule has 1 atom stereocenters. The van der Waals surface area contributed by atoms with Gasteiger partial charge in [0.2, 0.25) is 0 Å². The normalized spacial score (nSPS) is 11.8. The fraction of sp³-hybridized carbons (Fsp3) is 0.235. The van der Waals surface area contributed by atoms with Gasteiger partial charge in [0, 0.05) is 10.6 Å². The number of rotatable bonds is 6. The first-order valence-corrected chi connectivity index (χ1v) is 8.22. The van der Waals surface area contributed by atoms with Crippen LogP contribution >= 0.6 is 11.8 Å². The van der Waals surface area contributed by atoms with Crippen LogP contribution in [0.3, 0.4) is 0 Å². The van der Waals surface area contributed by atoms with E-state index in [0.29, 0.717) is 12.2 Å². The van der Waals surface area contributed by atoms with E-state index >= 15 is 0 Å². The molecule has 0 saturated carbocycles. The molecule has 2 aromatic rings. The second-order valence-electron chi connectivity index (χ2n) is 4.69. The van der Waals surface area contributed by atoms with Gasteiger partial charge in [-0.2, -0.15) is 0 Å². The summed E-state index contributed by atoms with van der Waals surface area (Å²) in [6, 6.07) is 13.3. The lowest BCUT2D eigenvalue weighted by molar-refractivity contribution is -0.122. The van der Waals surface area contributed by atoms with E-state index in [1.54, 1.807) is 11.8 Å². The Labute approximate surface area is 133 Å². The van der Waals surface area contributed by atoms with E-state index in [9.17, 15) is 9.18 Å². The largest absolute Gasteiger partial charge is 0.481 e. The Morgan fingerprint density at radius 2 is 2.00 bits per heavy atom. The Morgan fingerprint density at radius 1 is 1.27 bits per heavy atom. The van der Waals surface area contributed by atoms with Gasteiger partial charge in [-0.25, -0.2) is 4.39 Å². The molecule has 0 aliphatic carbocycles. The highest BCUT2D eigenvalue weighted by atomic mass is 32.2. The van der Waals surface area contributed by atoms with E-state index in [2.05, 4.69) is 5.32 Å². The summed E-state index contributed by atoms with van der Waals surface area (Å²) >= 11 is 1.61. The van der Waals surface area contributed by atoms with Crippen LogP contribution in [0, 0.1) is 5.82 Å². The molecule has 0 bridgehead atoms. The molecule has 2 rings (SSSR count).